The Morgan fingerprint density at radius 1 is 1.19 bits per heavy atom. The van der Waals surface area contributed by atoms with Crippen LogP contribution in [0, 0.1) is 5.82 Å². The van der Waals surface area contributed by atoms with Crippen molar-refractivity contribution >= 4 is 33.8 Å². The highest BCUT2D eigenvalue weighted by Crippen LogP contribution is 2.34. The predicted molar refractivity (Wildman–Crippen MR) is 114 cm³/mol. The van der Waals surface area contributed by atoms with E-state index in [1.807, 2.05) is 5.38 Å². The van der Waals surface area contributed by atoms with Crippen molar-refractivity contribution in [3.8, 4) is 0 Å². The van der Waals surface area contributed by atoms with Gasteiger partial charge in [0.05, 0.1) is 11.6 Å². The van der Waals surface area contributed by atoms with E-state index < -0.39 is 11.7 Å². The van der Waals surface area contributed by atoms with Gasteiger partial charge in [-0.15, -0.1) is 11.3 Å². The molecule has 1 unspecified atom stereocenters. The summed E-state index contributed by atoms with van der Waals surface area (Å²) < 4.78 is 15.1. The second kappa shape index (κ2) is 7.86. The molecular formula is C21H20FN5O3S. The quantitative estimate of drug-likeness (QED) is 0.668. The summed E-state index contributed by atoms with van der Waals surface area (Å²) in [6.45, 7) is 2.87. The molecule has 5 rings (SSSR count). The number of hydrogen-bond acceptors (Lipinski definition) is 6. The maximum absolute atomic E-state index is 13.5. The average molecular weight is 441 g/mol. The van der Waals surface area contributed by atoms with Gasteiger partial charge in [-0.2, -0.15) is 0 Å². The number of benzene rings is 1. The van der Waals surface area contributed by atoms with Crippen LogP contribution in [0.25, 0.3) is 4.96 Å². The number of nitrogens with one attached hydrogen (secondary N) is 1. The molecular weight excluding hydrogens is 421 g/mol. The monoisotopic (exact) mass is 441 g/mol. The Labute approximate surface area is 180 Å². The molecule has 2 aliphatic rings. The normalized spacial score (nSPS) is 19.3. The summed E-state index contributed by atoms with van der Waals surface area (Å²) in [6, 6.07) is 5.70. The van der Waals surface area contributed by atoms with Gasteiger partial charge >= 0.3 is 0 Å². The van der Waals surface area contributed by atoms with E-state index in [0.29, 0.717) is 54.6 Å². The molecule has 160 valence electrons. The van der Waals surface area contributed by atoms with E-state index in [4.69, 9.17) is 0 Å². The molecule has 2 amide bonds. The predicted octanol–water partition coefficient (Wildman–Crippen LogP) is 1.67. The van der Waals surface area contributed by atoms with Gasteiger partial charge in [0.25, 0.3) is 5.56 Å². The first-order chi connectivity index (χ1) is 15.0. The number of carbonyl (C=O) groups excluding carboxylic acids is 2. The van der Waals surface area contributed by atoms with Gasteiger partial charge in [-0.3, -0.25) is 23.7 Å². The first-order valence-corrected chi connectivity index (χ1v) is 10.9. The third-order valence-corrected chi connectivity index (χ3v) is 6.53. The number of anilines is 1. The van der Waals surface area contributed by atoms with Crippen molar-refractivity contribution in [2.45, 2.75) is 18.9 Å². The van der Waals surface area contributed by atoms with Gasteiger partial charge < -0.3 is 10.2 Å². The molecule has 0 saturated carbocycles. The molecule has 1 saturated heterocycles. The van der Waals surface area contributed by atoms with E-state index in [-0.39, 0.29) is 23.8 Å². The van der Waals surface area contributed by atoms with Crippen LogP contribution in [0.2, 0.25) is 0 Å². The highest BCUT2D eigenvalue weighted by atomic mass is 32.1. The van der Waals surface area contributed by atoms with Crippen LogP contribution < -0.4 is 10.9 Å². The number of amides is 2. The number of piperazine rings is 1. The molecule has 31 heavy (non-hydrogen) atoms. The topological polar surface area (TPSA) is 87.0 Å². The second-order valence-corrected chi connectivity index (χ2v) is 8.65. The molecule has 1 aromatic carbocycles. The van der Waals surface area contributed by atoms with Crippen LogP contribution in [0.1, 0.15) is 23.6 Å². The molecule has 8 nitrogen and oxygen atoms in total. The minimum atomic E-state index is -0.598. The van der Waals surface area contributed by atoms with Crippen LogP contribution in [0.5, 0.6) is 0 Å². The van der Waals surface area contributed by atoms with Gasteiger partial charge in [-0.05, 0) is 17.7 Å². The number of hydrogen-bond donors (Lipinski definition) is 1. The average Bonchev–Trinajstić information content (AvgIpc) is 3.22. The van der Waals surface area contributed by atoms with Crippen LogP contribution in [0.15, 0.2) is 40.6 Å². The number of fused-ring (bicyclic) bond motifs is 2. The summed E-state index contributed by atoms with van der Waals surface area (Å²) in [5.41, 5.74) is 1.64. The van der Waals surface area contributed by atoms with E-state index in [1.54, 1.807) is 23.2 Å². The summed E-state index contributed by atoms with van der Waals surface area (Å²) in [7, 11) is 0. The van der Waals surface area contributed by atoms with Crippen molar-refractivity contribution in [1.29, 1.82) is 0 Å². The lowest BCUT2D eigenvalue weighted by atomic mass is 9.89. The zero-order valence-electron chi connectivity index (χ0n) is 16.6. The molecule has 0 spiro atoms. The minimum absolute atomic E-state index is 0.0619. The smallest absolute Gasteiger partial charge is 0.258 e. The maximum Gasteiger partial charge on any atom is 0.258 e. The van der Waals surface area contributed by atoms with Crippen molar-refractivity contribution in [2.75, 3.05) is 31.5 Å². The molecule has 0 aliphatic carbocycles. The van der Waals surface area contributed by atoms with E-state index >= 15 is 0 Å². The molecule has 2 aliphatic heterocycles. The Hall–Kier alpha value is -3.11. The maximum atomic E-state index is 13.5. The number of carbonyl (C=O) groups is 2. The molecule has 2 aromatic heterocycles. The summed E-state index contributed by atoms with van der Waals surface area (Å²) >= 11 is 1.42. The molecule has 4 heterocycles. The summed E-state index contributed by atoms with van der Waals surface area (Å²) in [6.07, 6.45) is 1.77. The SMILES string of the molecule is O=C1CC(C(=O)N2CCN(Cc3cc(=O)n4ccsc4n3)CC2)c2ccc(F)cc2N1. The Morgan fingerprint density at radius 3 is 2.81 bits per heavy atom. The van der Waals surface area contributed by atoms with Gasteiger partial charge in [-0.25, -0.2) is 9.37 Å². The van der Waals surface area contributed by atoms with Crippen molar-refractivity contribution < 1.29 is 14.0 Å². The third-order valence-electron chi connectivity index (χ3n) is 5.78. The fourth-order valence-corrected chi connectivity index (χ4v) is 4.94. The van der Waals surface area contributed by atoms with E-state index in [9.17, 15) is 18.8 Å². The third kappa shape index (κ3) is 3.84. The first-order valence-electron chi connectivity index (χ1n) is 10.0. The molecule has 1 N–H and O–H groups in total. The number of halogens is 1. The molecule has 3 aromatic rings. The van der Waals surface area contributed by atoms with Crippen molar-refractivity contribution in [3.63, 3.8) is 0 Å². The van der Waals surface area contributed by atoms with Crippen LogP contribution in [-0.4, -0.2) is 57.2 Å². The Balaban J connectivity index is 1.26. The van der Waals surface area contributed by atoms with Crippen LogP contribution in [-0.2, 0) is 16.1 Å². The molecule has 0 radical (unpaired) electrons. The van der Waals surface area contributed by atoms with Gasteiger partial charge in [0.15, 0.2) is 4.96 Å². The van der Waals surface area contributed by atoms with Crippen LogP contribution in [0.4, 0.5) is 10.1 Å². The Bertz CT molecular complexity index is 1230. The number of aromatic nitrogens is 2. The van der Waals surface area contributed by atoms with E-state index in [2.05, 4.69) is 15.2 Å². The highest BCUT2D eigenvalue weighted by molar-refractivity contribution is 7.15. The fraction of sp³-hybridized carbons (Fsp3) is 0.333. The standard InChI is InChI=1S/C21H20FN5O3S/c22-13-1-2-15-16(11-18(28)24-17(15)9-13)20(30)26-5-3-25(4-6-26)12-14-10-19(29)27-7-8-31-21(27)23-14/h1-2,7-10,16H,3-6,11-12H2,(H,24,28). The summed E-state index contributed by atoms with van der Waals surface area (Å²) in [4.78, 5) is 46.5. The van der Waals surface area contributed by atoms with Crippen LogP contribution in [0.3, 0.4) is 0 Å². The zero-order valence-corrected chi connectivity index (χ0v) is 17.4. The van der Waals surface area contributed by atoms with Gasteiger partial charge in [0.1, 0.15) is 5.82 Å². The number of thiazole rings is 1. The zero-order chi connectivity index (χ0) is 21.5. The van der Waals surface area contributed by atoms with E-state index in [0.717, 1.165) is 0 Å². The molecule has 10 heteroatoms. The van der Waals surface area contributed by atoms with Gasteiger partial charge in [-0.1, -0.05) is 6.07 Å². The molecule has 0 bridgehead atoms. The molecule has 1 atom stereocenters. The van der Waals surface area contributed by atoms with Crippen molar-refractivity contribution in [3.05, 3.63) is 63.3 Å². The lowest BCUT2D eigenvalue weighted by molar-refractivity contribution is -0.136. The van der Waals surface area contributed by atoms with Crippen LogP contribution >= 0.6 is 11.3 Å². The first kappa shape index (κ1) is 19.8. The summed E-state index contributed by atoms with van der Waals surface area (Å²) in [5.74, 6) is -1.44. The lowest BCUT2D eigenvalue weighted by Gasteiger charge is -2.37. The second-order valence-electron chi connectivity index (χ2n) is 7.78. The Kier molecular flexibility index (Phi) is 5.03. The fourth-order valence-electron chi connectivity index (χ4n) is 4.20. The number of nitrogens with zero attached hydrogens (tertiary/aromatic N) is 4. The lowest BCUT2D eigenvalue weighted by Crippen LogP contribution is -2.50. The number of rotatable bonds is 3. The largest absolute Gasteiger partial charge is 0.340 e. The van der Waals surface area contributed by atoms with Gasteiger partial charge in [0.2, 0.25) is 11.8 Å². The van der Waals surface area contributed by atoms with E-state index in [1.165, 1.54) is 27.9 Å². The van der Waals surface area contributed by atoms with Crippen molar-refractivity contribution in [2.24, 2.45) is 0 Å². The molecule has 1 fully saturated rings. The van der Waals surface area contributed by atoms with Crippen molar-refractivity contribution in [1.82, 2.24) is 19.2 Å². The Morgan fingerprint density at radius 2 is 2.00 bits per heavy atom. The summed E-state index contributed by atoms with van der Waals surface area (Å²) in [5, 5.41) is 4.48. The minimum Gasteiger partial charge on any atom is -0.340 e. The highest BCUT2D eigenvalue weighted by Gasteiger charge is 2.34. The van der Waals surface area contributed by atoms with Gasteiger partial charge in [0, 0.05) is 62.5 Å².